The van der Waals surface area contributed by atoms with E-state index in [1.807, 2.05) is 24.1 Å². The van der Waals surface area contributed by atoms with E-state index >= 15 is 0 Å². The van der Waals surface area contributed by atoms with Gasteiger partial charge in [-0.25, -0.2) is 19.6 Å². The van der Waals surface area contributed by atoms with E-state index in [4.69, 9.17) is 30.1 Å². The average molecular weight is 671 g/mol. The number of rotatable bonds is 10. The molecule has 6 rings (SSSR count). The molecule has 2 aromatic carbocycles. The highest BCUT2D eigenvalue weighted by molar-refractivity contribution is 6.00. The van der Waals surface area contributed by atoms with E-state index in [9.17, 15) is 24.3 Å². The molecule has 0 fully saturated rings. The zero-order valence-electron chi connectivity index (χ0n) is 26.1. The molecule has 49 heavy (non-hydrogen) atoms. The van der Waals surface area contributed by atoms with Gasteiger partial charge in [0.05, 0.1) is 31.8 Å². The molecule has 6 aromatic rings. The molecule has 7 N–H and O–H groups in total. The first kappa shape index (κ1) is 33.6. The third-order valence-corrected chi connectivity index (χ3v) is 7.21. The average Bonchev–Trinajstić information content (AvgIpc) is 3.54. The van der Waals surface area contributed by atoms with E-state index in [0.717, 1.165) is 16.5 Å². The highest BCUT2D eigenvalue weighted by Gasteiger charge is 2.22. The number of methoxy groups -OCH3 is 1. The Morgan fingerprint density at radius 2 is 1.73 bits per heavy atom. The molecule has 0 radical (unpaired) electrons. The molecule has 1 atom stereocenters. The maximum absolute atomic E-state index is 12.4. The number of carboxylic acid groups (broad SMARTS) is 2. The lowest BCUT2D eigenvalue weighted by molar-refractivity contribution is -0.140. The number of carboxylic acids is 2. The van der Waals surface area contributed by atoms with Crippen LogP contribution in [0.25, 0.3) is 33.1 Å². The van der Waals surface area contributed by atoms with Gasteiger partial charge in [-0.2, -0.15) is 9.97 Å². The topological polar surface area (TPSA) is 263 Å². The van der Waals surface area contributed by atoms with E-state index in [0.29, 0.717) is 40.3 Å². The number of benzene rings is 2. The Morgan fingerprint density at radius 3 is 2.43 bits per heavy atom. The van der Waals surface area contributed by atoms with Crippen LogP contribution in [0.2, 0.25) is 0 Å². The number of furan rings is 1. The Labute approximate surface area is 276 Å². The number of amides is 1. The van der Waals surface area contributed by atoms with Crippen molar-refractivity contribution in [1.29, 1.82) is 0 Å². The number of ether oxygens (including phenoxy) is 1. The molecule has 17 heteroatoms. The molecule has 0 aliphatic carbocycles. The number of anilines is 3. The molecule has 4 aromatic heterocycles. The molecule has 0 bridgehead atoms. The third kappa shape index (κ3) is 7.79. The van der Waals surface area contributed by atoms with Gasteiger partial charge in [0.2, 0.25) is 11.7 Å². The van der Waals surface area contributed by atoms with Crippen LogP contribution in [-0.4, -0.2) is 68.2 Å². The Bertz CT molecular complexity index is 2230. The van der Waals surface area contributed by atoms with Crippen LogP contribution in [0.5, 0.6) is 5.75 Å². The lowest BCUT2D eigenvalue weighted by Crippen LogP contribution is -2.41. The highest BCUT2D eigenvalue weighted by Crippen LogP contribution is 2.34. The molecule has 0 spiro atoms. The van der Waals surface area contributed by atoms with Crippen molar-refractivity contribution in [3.63, 3.8) is 0 Å². The second kappa shape index (κ2) is 14.3. The number of carbonyl (C=O) groups is 3. The van der Waals surface area contributed by atoms with Gasteiger partial charge in [-0.15, -0.1) is 0 Å². The Hall–Kier alpha value is -6.78. The van der Waals surface area contributed by atoms with Crippen LogP contribution in [-0.2, 0) is 16.1 Å². The summed E-state index contributed by atoms with van der Waals surface area (Å²) < 4.78 is 15.6. The minimum Gasteiger partial charge on any atom is -0.490 e. The van der Waals surface area contributed by atoms with Crippen molar-refractivity contribution >= 4 is 68.4 Å². The van der Waals surface area contributed by atoms with Crippen molar-refractivity contribution in [2.75, 3.05) is 30.5 Å². The van der Waals surface area contributed by atoms with Crippen molar-refractivity contribution < 1.29 is 38.2 Å². The zero-order valence-corrected chi connectivity index (χ0v) is 26.1. The summed E-state index contributed by atoms with van der Waals surface area (Å²) in [5.74, 6) is -2.45. The number of carbonyl (C=O) groups excluding carboxylic acids is 1. The molecule has 0 saturated carbocycles. The molecule has 1 amide bonds. The lowest BCUT2D eigenvalue weighted by atomic mass is 10.1. The van der Waals surface area contributed by atoms with E-state index in [1.165, 1.54) is 25.3 Å². The summed E-state index contributed by atoms with van der Waals surface area (Å²) in [7, 11) is 3.33. The van der Waals surface area contributed by atoms with Gasteiger partial charge in [-0.1, -0.05) is 0 Å². The maximum Gasteiger partial charge on any atom is 0.336 e. The van der Waals surface area contributed by atoms with Crippen LogP contribution in [0, 0.1) is 0 Å². The molecule has 4 heterocycles. The maximum atomic E-state index is 12.4. The zero-order chi connectivity index (χ0) is 35.2. The van der Waals surface area contributed by atoms with Crippen LogP contribution in [0.4, 0.5) is 17.5 Å². The number of aliphatic carboxylic acids is 2. The smallest absolute Gasteiger partial charge is 0.336 e. The lowest BCUT2D eigenvalue weighted by Gasteiger charge is -2.19. The van der Waals surface area contributed by atoms with Crippen LogP contribution in [0.1, 0.15) is 28.9 Å². The number of hydrogen-bond donors (Lipinski definition) is 5. The van der Waals surface area contributed by atoms with Crippen LogP contribution in [0.3, 0.4) is 0 Å². The van der Waals surface area contributed by atoms with E-state index in [1.54, 1.807) is 30.7 Å². The Balaban J connectivity index is 0.000000241. The third-order valence-electron chi connectivity index (χ3n) is 7.21. The van der Waals surface area contributed by atoms with Gasteiger partial charge in [0.15, 0.2) is 28.1 Å². The van der Waals surface area contributed by atoms with Crippen molar-refractivity contribution in [2.24, 2.45) is 0 Å². The standard InChI is InChI=1S/C20H22N8O5.C12H8O4/c1-28(9-11-8-23-17-15(24-11)16(21)26-20(22)27-17)12-4-2-10(3-5-12)18(31)25-13(19(32)33)6-7-14(29)30;1-14-12-10-8(4-5-15-10)6-7-2-3-9(13)16-11(7)12/h2-5,8,13H,6-7,9H2,1H3,(H,25,31)(H,29,30)(H,32,33)(H4,21,22,23,26,27);2-6H,1H3/t13-;/m0./s1. The first-order chi connectivity index (χ1) is 23.4. The Kier molecular flexibility index (Phi) is 9.82. The molecule has 0 aliphatic heterocycles. The van der Waals surface area contributed by atoms with Crippen molar-refractivity contribution in [3.05, 3.63) is 82.7 Å². The first-order valence-corrected chi connectivity index (χ1v) is 14.5. The van der Waals surface area contributed by atoms with Crippen molar-refractivity contribution in [3.8, 4) is 5.75 Å². The molecular formula is C32H30N8O9. The Morgan fingerprint density at radius 1 is 1.00 bits per heavy atom. The number of aromatic nitrogens is 4. The summed E-state index contributed by atoms with van der Waals surface area (Å²) in [5, 5.41) is 22.0. The highest BCUT2D eigenvalue weighted by atomic mass is 16.5. The molecular weight excluding hydrogens is 640 g/mol. The fraction of sp³-hybridized carbons (Fsp3) is 0.188. The fourth-order valence-corrected chi connectivity index (χ4v) is 4.82. The number of nitrogens with zero attached hydrogens (tertiary/aromatic N) is 5. The van der Waals surface area contributed by atoms with Gasteiger partial charge in [0.1, 0.15) is 6.04 Å². The summed E-state index contributed by atoms with van der Waals surface area (Å²) in [6, 6.07) is 12.0. The van der Waals surface area contributed by atoms with Crippen LogP contribution >= 0.6 is 0 Å². The summed E-state index contributed by atoms with van der Waals surface area (Å²) in [5.41, 5.74) is 14.3. The quantitative estimate of drug-likeness (QED) is 0.131. The number of hydrogen-bond acceptors (Lipinski definition) is 14. The van der Waals surface area contributed by atoms with Gasteiger partial charge in [-0.05, 0) is 48.9 Å². The first-order valence-electron chi connectivity index (χ1n) is 14.5. The fourth-order valence-electron chi connectivity index (χ4n) is 4.82. The van der Waals surface area contributed by atoms with Gasteiger partial charge in [0, 0.05) is 41.6 Å². The second-order valence-corrected chi connectivity index (χ2v) is 10.6. The molecule has 0 aliphatic rings. The predicted octanol–water partition coefficient (Wildman–Crippen LogP) is 2.82. The number of nitrogens with one attached hydrogen (secondary N) is 1. The number of fused-ring (bicyclic) bond motifs is 3. The number of nitrogen functional groups attached to an aromatic ring is 2. The van der Waals surface area contributed by atoms with Crippen LogP contribution in [0.15, 0.2) is 74.6 Å². The summed E-state index contributed by atoms with van der Waals surface area (Å²) in [6.07, 6.45) is 2.54. The SMILES string of the molecule is CN(Cc1cnc2nc(N)nc(N)c2n1)c1ccc(C(=O)N[C@@H](CCC(=O)O)C(=O)O)cc1.COc1c2occc2cc2ccc(=O)oc12. The second-order valence-electron chi connectivity index (χ2n) is 10.6. The molecule has 17 nitrogen and oxygen atoms in total. The van der Waals surface area contributed by atoms with Gasteiger partial charge in [0.25, 0.3) is 5.91 Å². The monoisotopic (exact) mass is 670 g/mol. The van der Waals surface area contributed by atoms with Crippen molar-refractivity contribution in [2.45, 2.75) is 25.4 Å². The number of nitrogens with two attached hydrogens (primary N) is 2. The largest absolute Gasteiger partial charge is 0.490 e. The summed E-state index contributed by atoms with van der Waals surface area (Å²) >= 11 is 0. The van der Waals surface area contributed by atoms with Gasteiger partial charge in [-0.3, -0.25) is 9.59 Å². The molecule has 0 unspecified atom stereocenters. The summed E-state index contributed by atoms with van der Waals surface area (Å²) in [6.45, 7) is 0.370. The minimum atomic E-state index is -1.30. The van der Waals surface area contributed by atoms with Crippen molar-refractivity contribution in [1.82, 2.24) is 25.3 Å². The van der Waals surface area contributed by atoms with E-state index < -0.39 is 29.5 Å². The normalized spacial score (nSPS) is 11.5. The minimum absolute atomic E-state index is 0.0138. The predicted molar refractivity (Wildman–Crippen MR) is 177 cm³/mol. The molecule has 0 saturated heterocycles. The van der Waals surface area contributed by atoms with E-state index in [2.05, 4.69) is 25.3 Å². The van der Waals surface area contributed by atoms with Gasteiger partial charge >= 0.3 is 17.6 Å². The van der Waals surface area contributed by atoms with E-state index in [-0.39, 0.29) is 30.2 Å². The van der Waals surface area contributed by atoms with Crippen LogP contribution < -0.4 is 32.0 Å². The van der Waals surface area contributed by atoms with Gasteiger partial charge < -0.3 is 45.5 Å². The summed E-state index contributed by atoms with van der Waals surface area (Å²) in [4.78, 5) is 63.9. The molecule has 252 valence electrons.